The van der Waals surface area contributed by atoms with Gasteiger partial charge < -0.3 is 14.8 Å². The van der Waals surface area contributed by atoms with Crippen molar-refractivity contribution in [2.45, 2.75) is 31.1 Å². The van der Waals surface area contributed by atoms with Crippen molar-refractivity contribution in [2.24, 2.45) is 5.92 Å². The number of rotatable bonds is 5. The maximum Gasteiger partial charge on any atom is 0.258 e. The summed E-state index contributed by atoms with van der Waals surface area (Å²) in [7, 11) is 3.09. The maximum atomic E-state index is 12.4. The fourth-order valence-corrected chi connectivity index (χ4v) is 3.22. The summed E-state index contributed by atoms with van der Waals surface area (Å²) in [5.74, 6) is 1.32. The molecule has 1 aromatic rings. The molecule has 1 aromatic carbocycles. The fraction of sp³-hybridized carbons (Fsp3) is 0.562. The first-order chi connectivity index (χ1) is 10.2. The van der Waals surface area contributed by atoms with Gasteiger partial charge in [0.25, 0.3) is 5.91 Å². The normalized spacial score (nSPS) is 21.7. The number of ether oxygens (including phenoxy) is 2. The molecule has 0 bridgehead atoms. The van der Waals surface area contributed by atoms with E-state index in [9.17, 15) is 4.79 Å². The summed E-state index contributed by atoms with van der Waals surface area (Å²) in [6.45, 7) is 0.642. The minimum absolute atomic E-state index is 0.166. The van der Waals surface area contributed by atoms with Crippen LogP contribution in [-0.4, -0.2) is 32.0 Å². The Balaban J connectivity index is 2.03. The Morgan fingerprint density at radius 1 is 1.29 bits per heavy atom. The van der Waals surface area contributed by atoms with E-state index in [4.69, 9.17) is 21.1 Å². The van der Waals surface area contributed by atoms with Gasteiger partial charge in [0.2, 0.25) is 0 Å². The number of benzene rings is 1. The van der Waals surface area contributed by atoms with E-state index in [0.717, 1.165) is 25.7 Å². The number of carbonyl (C=O) groups excluding carboxylic acids is 1. The number of carbonyl (C=O) groups is 1. The van der Waals surface area contributed by atoms with Crippen molar-refractivity contribution in [1.82, 2.24) is 5.32 Å². The van der Waals surface area contributed by atoms with Crippen molar-refractivity contribution in [3.63, 3.8) is 0 Å². The van der Waals surface area contributed by atoms with Crippen LogP contribution in [0.3, 0.4) is 0 Å². The zero-order chi connectivity index (χ0) is 15.2. The largest absolute Gasteiger partial charge is 0.496 e. The summed E-state index contributed by atoms with van der Waals surface area (Å²) in [6.07, 6.45) is 4.29. The van der Waals surface area contributed by atoms with Gasteiger partial charge in [0.1, 0.15) is 17.1 Å². The average molecular weight is 312 g/mol. The van der Waals surface area contributed by atoms with Crippen LogP contribution >= 0.6 is 11.6 Å². The zero-order valence-electron chi connectivity index (χ0n) is 12.5. The van der Waals surface area contributed by atoms with E-state index in [-0.39, 0.29) is 11.3 Å². The first kappa shape index (κ1) is 16.0. The topological polar surface area (TPSA) is 47.6 Å². The van der Waals surface area contributed by atoms with E-state index in [0.29, 0.717) is 29.5 Å². The lowest BCUT2D eigenvalue weighted by Gasteiger charge is -2.25. The van der Waals surface area contributed by atoms with Crippen LogP contribution in [-0.2, 0) is 0 Å². The highest BCUT2D eigenvalue weighted by molar-refractivity contribution is 6.20. The lowest BCUT2D eigenvalue weighted by Crippen LogP contribution is -2.32. The van der Waals surface area contributed by atoms with Gasteiger partial charge in [-0.05, 0) is 37.3 Å². The molecule has 1 aliphatic carbocycles. The Bertz CT molecular complexity index is 470. The average Bonchev–Trinajstić information content (AvgIpc) is 2.51. The van der Waals surface area contributed by atoms with Gasteiger partial charge in [0, 0.05) is 11.9 Å². The highest BCUT2D eigenvalue weighted by Gasteiger charge is 2.23. The molecule has 4 nitrogen and oxygen atoms in total. The number of hydrogen-bond donors (Lipinski definition) is 1. The Kier molecular flexibility index (Phi) is 5.74. The number of hydrogen-bond acceptors (Lipinski definition) is 3. The summed E-state index contributed by atoms with van der Waals surface area (Å²) in [5, 5.41) is 3.22. The quantitative estimate of drug-likeness (QED) is 0.849. The van der Waals surface area contributed by atoms with Crippen LogP contribution in [0.15, 0.2) is 18.2 Å². The van der Waals surface area contributed by atoms with Crippen LogP contribution in [0.1, 0.15) is 36.0 Å². The van der Waals surface area contributed by atoms with Crippen molar-refractivity contribution >= 4 is 17.5 Å². The third-order valence-corrected chi connectivity index (χ3v) is 4.32. The highest BCUT2D eigenvalue weighted by atomic mass is 35.5. The molecule has 1 amide bonds. The van der Waals surface area contributed by atoms with Crippen molar-refractivity contribution in [3.8, 4) is 11.5 Å². The van der Waals surface area contributed by atoms with E-state index in [1.54, 1.807) is 32.4 Å². The predicted octanol–water partition coefficient (Wildman–Crippen LogP) is 3.23. The summed E-state index contributed by atoms with van der Waals surface area (Å²) < 4.78 is 10.5. The van der Waals surface area contributed by atoms with E-state index < -0.39 is 0 Å². The minimum atomic E-state index is -0.166. The molecule has 5 heteroatoms. The number of amides is 1. The smallest absolute Gasteiger partial charge is 0.258 e. The van der Waals surface area contributed by atoms with Crippen molar-refractivity contribution < 1.29 is 14.3 Å². The molecular formula is C16H22ClNO3. The van der Waals surface area contributed by atoms with Crippen LogP contribution in [0, 0.1) is 5.92 Å². The van der Waals surface area contributed by atoms with E-state index in [2.05, 4.69) is 5.32 Å². The van der Waals surface area contributed by atoms with Crippen LogP contribution in [0.4, 0.5) is 0 Å². The first-order valence-corrected chi connectivity index (χ1v) is 7.72. The lowest BCUT2D eigenvalue weighted by atomic mass is 9.89. The zero-order valence-corrected chi connectivity index (χ0v) is 13.3. The maximum absolute atomic E-state index is 12.4. The number of methoxy groups -OCH3 is 2. The van der Waals surface area contributed by atoms with Gasteiger partial charge >= 0.3 is 0 Å². The molecule has 2 atom stereocenters. The Labute approximate surface area is 130 Å². The fourth-order valence-electron chi connectivity index (χ4n) is 2.81. The van der Waals surface area contributed by atoms with Gasteiger partial charge in [0.05, 0.1) is 14.2 Å². The molecule has 1 fully saturated rings. The van der Waals surface area contributed by atoms with E-state index >= 15 is 0 Å². The summed E-state index contributed by atoms with van der Waals surface area (Å²) in [6, 6.07) is 5.31. The SMILES string of the molecule is COc1cccc(OC)c1C(=O)NCC1CCCC(Cl)C1. The van der Waals surface area contributed by atoms with Crippen molar-refractivity contribution in [1.29, 1.82) is 0 Å². The summed E-state index contributed by atoms with van der Waals surface area (Å²) in [4.78, 5) is 12.4. The van der Waals surface area contributed by atoms with Gasteiger partial charge in [-0.3, -0.25) is 4.79 Å². The Hall–Kier alpha value is -1.42. The van der Waals surface area contributed by atoms with Crippen LogP contribution in [0.2, 0.25) is 0 Å². The second-order valence-corrected chi connectivity index (χ2v) is 5.99. The highest BCUT2D eigenvalue weighted by Crippen LogP contribution is 2.29. The lowest BCUT2D eigenvalue weighted by molar-refractivity contribution is 0.0937. The van der Waals surface area contributed by atoms with Gasteiger partial charge in [-0.25, -0.2) is 0 Å². The van der Waals surface area contributed by atoms with Crippen molar-refractivity contribution in [3.05, 3.63) is 23.8 Å². The molecule has 2 rings (SSSR count). The monoisotopic (exact) mass is 311 g/mol. The van der Waals surface area contributed by atoms with Gasteiger partial charge in [-0.1, -0.05) is 12.5 Å². The molecule has 0 saturated heterocycles. The summed E-state index contributed by atoms with van der Waals surface area (Å²) in [5.41, 5.74) is 0.445. The molecule has 116 valence electrons. The predicted molar refractivity (Wildman–Crippen MR) is 83.5 cm³/mol. The molecule has 0 radical (unpaired) electrons. The molecule has 0 aromatic heterocycles. The van der Waals surface area contributed by atoms with Crippen LogP contribution in [0.25, 0.3) is 0 Å². The molecule has 2 unspecified atom stereocenters. The number of alkyl halides is 1. The number of halogens is 1. The molecular weight excluding hydrogens is 290 g/mol. The molecule has 0 spiro atoms. The minimum Gasteiger partial charge on any atom is -0.496 e. The van der Waals surface area contributed by atoms with Crippen LogP contribution < -0.4 is 14.8 Å². The molecule has 1 saturated carbocycles. The second-order valence-electron chi connectivity index (χ2n) is 5.38. The molecule has 0 heterocycles. The summed E-state index contributed by atoms with van der Waals surface area (Å²) >= 11 is 6.19. The van der Waals surface area contributed by atoms with E-state index in [1.807, 2.05) is 0 Å². The van der Waals surface area contributed by atoms with Crippen molar-refractivity contribution in [2.75, 3.05) is 20.8 Å². The third kappa shape index (κ3) is 4.03. The van der Waals surface area contributed by atoms with Gasteiger partial charge in [0.15, 0.2) is 0 Å². The molecule has 1 aliphatic rings. The Morgan fingerprint density at radius 2 is 1.95 bits per heavy atom. The molecule has 1 N–H and O–H groups in total. The standard InChI is InChI=1S/C16H22ClNO3/c1-20-13-7-4-8-14(21-2)15(13)16(19)18-10-11-5-3-6-12(17)9-11/h4,7-8,11-12H,3,5-6,9-10H2,1-2H3,(H,18,19). The molecule has 21 heavy (non-hydrogen) atoms. The molecule has 0 aliphatic heterocycles. The van der Waals surface area contributed by atoms with Gasteiger partial charge in [-0.15, -0.1) is 11.6 Å². The Morgan fingerprint density at radius 3 is 2.52 bits per heavy atom. The number of nitrogens with one attached hydrogen (secondary N) is 1. The van der Waals surface area contributed by atoms with Gasteiger partial charge in [-0.2, -0.15) is 0 Å². The van der Waals surface area contributed by atoms with E-state index in [1.165, 1.54) is 0 Å². The second kappa shape index (κ2) is 7.55. The third-order valence-electron chi connectivity index (χ3n) is 3.92. The van der Waals surface area contributed by atoms with Crippen LogP contribution in [0.5, 0.6) is 11.5 Å². The first-order valence-electron chi connectivity index (χ1n) is 7.29.